The van der Waals surface area contributed by atoms with Crippen molar-refractivity contribution in [2.75, 3.05) is 7.11 Å². The lowest BCUT2D eigenvalue weighted by Gasteiger charge is -2.11. The molecule has 1 fully saturated rings. The Morgan fingerprint density at radius 3 is 2.96 bits per heavy atom. The van der Waals surface area contributed by atoms with Crippen molar-refractivity contribution < 1.29 is 13.9 Å². The molecule has 1 aliphatic rings. The summed E-state index contributed by atoms with van der Waals surface area (Å²) in [6.07, 6.45) is 0.636. The largest absolute Gasteiger partial charge is 0.497 e. The predicted octanol–water partition coefficient (Wildman–Crippen LogP) is 2.54. The summed E-state index contributed by atoms with van der Waals surface area (Å²) in [5.74, 6) is 0.428. The standard InChI is InChI=1S/C20H21FN4O2/c1-27-16-4-2-3-12(9-16)18-10-19(25-24-18)20(26)22-11-15-8-13-7-14(21)5-6-17(13)23-15/h2-9,18-19,23-25H,10-11H2,1H3,(H,22,26). The van der Waals surface area contributed by atoms with Crippen LogP contribution in [0.3, 0.4) is 0 Å². The molecule has 0 saturated carbocycles. The van der Waals surface area contributed by atoms with Crippen molar-refractivity contribution in [2.45, 2.75) is 25.0 Å². The first-order chi connectivity index (χ1) is 13.1. The Kier molecular flexibility index (Phi) is 4.79. The molecule has 27 heavy (non-hydrogen) atoms. The van der Waals surface area contributed by atoms with E-state index in [-0.39, 0.29) is 23.8 Å². The first-order valence-electron chi connectivity index (χ1n) is 8.82. The van der Waals surface area contributed by atoms with Crippen LogP contribution in [0, 0.1) is 5.82 Å². The van der Waals surface area contributed by atoms with Crippen molar-refractivity contribution in [3.8, 4) is 5.75 Å². The summed E-state index contributed by atoms with van der Waals surface area (Å²) in [6.45, 7) is 0.358. The molecule has 1 aromatic heterocycles. The molecule has 2 atom stereocenters. The number of rotatable bonds is 5. The van der Waals surface area contributed by atoms with Gasteiger partial charge in [0, 0.05) is 22.6 Å². The Morgan fingerprint density at radius 2 is 2.11 bits per heavy atom. The highest BCUT2D eigenvalue weighted by atomic mass is 19.1. The molecule has 2 heterocycles. The summed E-state index contributed by atoms with van der Waals surface area (Å²) >= 11 is 0. The van der Waals surface area contributed by atoms with Crippen molar-refractivity contribution in [3.63, 3.8) is 0 Å². The number of aromatic amines is 1. The fraction of sp³-hybridized carbons (Fsp3) is 0.250. The summed E-state index contributed by atoms with van der Waals surface area (Å²) in [5, 5.41) is 3.71. The zero-order valence-corrected chi connectivity index (χ0v) is 14.9. The molecule has 3 aromatic rings. The zero-order chi connectivity index (χ0) is 18.8. The number of ether oxygens (including phenoxy) is 1. The quantitative estimate of drug-likeness (QED) is 0.558. The van der Waals surface area contributed by atoms with E-state index in [4.69, 9.17) is 4.74 Å². The number of carbonyl (C=O) groups excluding carboxylic acids is 1. The maximum absolute atomic E-state index is 13.3. The number of methoxy groups -OCH3 is 1. The van der Waals surface area contributed by atoms with Gasteiger partial charge in [0.15, 0.2) is 0 Å². The van der Waals surface area contributed by atoms with Gasteiger partial charge in [0.25, 0.3) is 0 Å². The van der Waals surface area contributed by atoms with Crippen molar-refractivity contribution in [1.29, 1.82) is 0 Å². The third-order valence-corrected chi connectivity index (χ3v) is 4.81. The average Bonchev–Trinajstić information content (AvgIpc) is 3.33. The van der Waals surface area contributed by atoms with Crippen molar-refractivity contribution in [1.82, 2.24) is 21.2 Å². The van der Waals surface area contributed by atoms with Crippen LogP contribution < -0.4 is 20.9 Å². The van der Waals surface area contributed by atoms with Gasteiger partial charge in [0.05, 0.1) is 13.7 Å². The number of amides is 1. The molecule has 4 N–H and O–H groups in total. The highest BCUT2D eigenvalue weighted by molar-refractivity contribution is 5.83. The van der Waals surface area contributed by atoms with E-state index in [1.807, 2.05) is 30.3 Å². The van der Waals surface area contributed by atoms with Gasteiger partial charge in [-0.25, -0.2) is 15.2 Å². The molecule has 1 amide bonds. The molecule has 1 aliphatic heterocycles. The number of hydrogen-bond donors (Lipinski definition) is 4. The molecule has 0 spiro atoms. The van der Waals surface area contributed by atoms with Gasteiger partial charge in [0.2, 0.25) is 5.91 Å². The molecular formula is C20H21FN4O2. The van der Waals surface area contributed by atoms with Crippen molar-refractivity contribution >= 4 is 16.8 Å². The molecule has 0 radical (unpaired) electrons. The summed E-state index contributed by atoms with van der Waals surface area (Å²) in [4.78, 5) is 15.7. The average molecular weight is 368 g/mol. The molecule has 6 nitrogen and oxygen atoms in total. The minimum Gasteiger partial charge on any atom is -0.497 e. The molecule has 7 heteroatoms. The van der Waals surface area contributed by atoms with Crippen LogP contribution >= 0.6 is 0 Å². The summed E-state index contributed by atoms with van der Waals surface area (Å²) in [7, 11) is 1.63. The van der Waals surface area contributed by atoms with Crippen LogP contribution in [-0.4, -0.2) is 24.0 Å². The van der Waals surface area contributed by atoms with Gasteiger partial charge >= 0.3 is 0 Å². The van der Waals surface area contributed by atoms with Gasteiger partial charge in [-0.3, -0.25) is 4.79 Å². The van der Waals surface area contributed by atoms with E-state index in [1.54, 1.807) is 13.2 Å². The van der Waals surface area contributed by atoms with E-state index < -0.39 is 0 Å². The van der Waals surface area contributed by atoms with Gasteiger partial charge in [-0.15, -0.1) is 0 Å². The van der Waals surface area contributed by atoms with Gasteiger partial charge in [0.1, 0.15) is 17.6 Å². The summed E-state index contributed by atoms with van der Waals surface area (Å²) < 4.78 is 18.5. The van der Waals surface area contributed by atoms with Crippen LogP contribution in [0.5, 0.6) is 5.75 Å². The third-order valence-electron chi connectivity index (χ3n) is 4.81. The number of benzene rings is 2. The molecule has 2 aromatic carbocycles. The number of hydrazine groups is 1. The summed E-state index contributed by atoms with van der Waals surface area (Å²) in [5.41, 5.74) is 8.96. The lowest BCUT2D eigenvalue weighted by atomic mass is 10.0. The molecular weight excluding hydrogens is 347 g/mol. The van der Waals surface area contributed by atoms with Crippen LogP contribution in [0.2, 0.25) is 0 Å². The second kappa shape index (κ2) is 7.38. The number of aromatic nitrogens is 1. The number of hydrogen-bond acceptors (Lipinski definition) is 4. The van der Waals surface area contributed by atoms with Crippen LogP contribution in [0.15, 0.2) is 48.5 Å². The normalized spacial score (nSPS) is 19.3. The highest BCUT2D eigenvalue weighted by Crippen LogP contribution is 2.25. The lowest BCUT2D eigenvalue weighted by molar-refractivity contribution is -0.123. The highest BCUT2D eigenvalue weighted by Gasteiger charge is 2.30. The topological polar surface area (TPSA) is 78.2 Å². The van der Waals surface area contributed by atoms with Crippen molar-refractivity contribution in [3.05, 3.63) is 65.6 Å². The number of H-pyrrole nitrogens is 1. The number of fused-ring (bicyclic) bond motifs is 1. The summed E-state index contributed by atoms with van der Waals surface area (Å²) in [6, 6.07) is 13.9. The lowest BCUT2D eigenvalue weighted by Crippen LogP contribution is -2.42. The molecule has 1 saturated heterocycles. The number of halogens is 1. The minimum atomic E-state index is -0.331. The molecule has 140 valence electrons. The van der Waals surface area contributed by atoms with E-state index >= 15 is 0 Å². The van der Waals surface area contributed by atoms with Crippen LogP contribution in [0.4, 0.5) is 4.39 Å². The van der Waals surface area contributed by atoms with Crippen molar-refractivity contribution in [2.24, 2.45) is 0 Å². The fourth-order valence-corrected chi connectivity index (χ4v) is 3.37. The molecule has 2 unspecified atom stereocenters. The molecule has 0 aliphatic carbocycles. The fourth-order valence-electron chi connectivity index (χ4n) is 3.37. The smallest absolute Gasteiger partial charge is 0.238 e. The number of nitrogens with one attached hydrogen (secondary N) is 4. The van der Waals surface area contributed by atoms with Gasteiger partial charge in [-0.05, 0) is 48.4 Å². The second-order valence-electron chi connectivity index (χ2n) is 6.65. The van der Waals surface area contributed by atoms with Crippen LogP contribution in [0.25, 0.3) is 10.9 Å². The van der Waals surface area contributed by atoms with E-state index in [0.717, 1.165) is 27.9 Å². The number of carbonyl (C=O) groups is 1. The maximum Gasteiger partial charge on any atom is 0.238 e. The molecule has 0 bridgehead atoms. The Hall–Kier alpha value is -2.90. The van der Waals surface area contributed by atoms with Gasteiger partial charge in [-0.1, -0.05) is 12.1 Å². The van der Waals surface area contributed by atoms with Gasteiger partial charge < -0.3 is 15.0 Å². The first-order valence-corrected chi connectivity index (χ1v) is 8.82. The van der Waals surface area contributed by atoms with Crippen LogP contribution in [0.1, 0.15) is 23.7 Å². The van der Waals surface area contributed by atoms with E-state index in [2.05, 4.69) is 21.2 Å². The third kappa shape index (κ3) is 3.79. The second-order valence-corrected chi connectivity index (χ2v) is 6.65. The van der Waals surface area contributed by atoms with Crippen LogP contribution in [-0.2, 0) is 11.3 Å². The zero-order valence-electron chi connectivity index (χ0n) is 14.9. The maximum atomic E-state index is 13.3. The van der Waals surface area contributed by atoms with E-state index in [1.165, 1.54) is 12.1 Å². The Morgan fingerprint density at radius 1 is 1.22 bits per heavy atom. The SMILES string of the molecule is COc1cccc(C2CC(C(=O)NCc3cc4cc(F)ccc4[nH]3)NN2)c1. The van der Waals surface area contributed by atoms with E-state index in [0.29, 0.717) is 13.0 Å². The molecule has 4 rings (SSSR count). The van der Waals surface area contributed by atoms with Gasteiger partial charge in [-0.2, -0.15) is 0 Å². The Balaban J connectivity index is 1.35. The minimum absolute atomic E-state index is 0.0342. The van der Waals surface area contributed by atoms with E-state index in [9.17, 15) is 9.18 Å². The monoisotopic (exact) mass is 368 g/mol. The Labute approximate surface area is 156 Å². The Bertz CT molecular complexity index is 972. The first kappa shape index (κ1) is 17.5. The predicted molar refractivity (Wildman–Crippen MR) is 101 cm³/mol.